The Hall–Kier alpha value is -0.300. The van der Waals surface area contributed by atoms with E-state index >= 15 is 0 Å². The number of rotatable bonds is 0. The van der Waals surface area contributed by atoms with Crippen molar-refractivity contribution >= 4 is 0 Å². The predicted molar refractivity (Wildman–Crippen MR) is 35.5 cm³/mol. The van der Waals surface area contributed by atoms with Crippen molar-refractivity contribution in [2.45, 2.75) is 25.8 Å². The minimum Gasteiger partial charge on any atom is -0.324 e. The van der Waals surface area contributed by atoms with Gasteiger partial charge in [0.05, 0.1) is 0 Å². The van der Waals surface area contributed by atoms with E-state index in [9.17, 15) is 0 Å². The fourth-order valence-electron chi connectivity index (χ4n) is 0.995. The van der Waals surface area contributed by atoms with Crippen molar-refractivity contribution in [2.24, 2.45) is 11.7 Å². The molecule has 1 aliphatic rings. The van der Waals surface area contributed by atoms with Gasteiger partial charge in [-0.25, -0.2) is 0 Å². The molecule has 0 spiro atoms. The van der Waals surface area contributed by atoms with Crippen molar-refractivity contribution in [2.75, 3.05) is 0 Å². The number of hydrogen-bond donors (Lipinski definition) is 1. The lowest BCUT2D eigenvalue weighted by Crippen LogP contribution is -2.27. The Bertz CT molecular complexity index is 96.6. The van der Waals surface area contributed by atoms with E-state index in [0.29, 0.717) is 12.0 Å². The lowest BCUT2D eigenvalue weighted by atomic mass is 9.92. The highest BCUT2D eigenvalue weighted by Gasteiger charge is 2.11. The van der Waals surface area contributed by atoms with Gasteiger partial charge in [0.25, 0.3) is 0 Å². The van der Waals surface area contributed by atoms with E-state index in [1.54, 1.807) is 0 Å². The SMILES string of the molecule is C[C@@H]1CCC=C[C@H]1N. The normalized spacial score (nSPS) is 37.8. The average molecular weight is 111 g/mol. The van der Waals surface area contributed by atoms with E-state index in [0.717, 1.165) is 0 Å². The van der Waals surface area contributed by atoms with Crippen LogP contribution in [0.25, 0.3) is 0 Å². The molecule has 0 aromatic rings. The number of hydrogen-bond acceptors (Lipinski definition) is 1. The summed E-state index contributed by atoms with van der Waals surface area (Å²) in [6.07, 6.45) is 6.76. The highest BCUT2D eigenvalue weighted by Crippen LogP contribution is 2.15. The smallest absolute Gasteiger partial charge is 0.0249 e. The summed E-state index contributed by atoms with van der Waals surface area (Å²) in [6, 6.07) is 0.323. The van der Waals surface area contributed by atoms with Gasteiger partial charge >= 0.3 is 0 Å². The second-order valence-electron chi connectivity index (χ2n) is 2.56. The second-order valence-corrected chi connectivity index (χ2v) is 2.56. The van der Waals surface area contributed by atoms with Crippen molar-refractivity contribution in [3.05, 3.63) is 12.2 Å². The van der Waals surface area contributed by atoms with Crippen LogP contribution in [-0.2, 0) is 0 Å². The van der Waals surface area contributed by atoms with Crippen LogP contribution >= 0.6 is 0 Å². The van der Waals surface area contributed by atoms with Gasteiger partial charge in [-0.2, -0.15) is 0 Å². The topological polar surface area (TPSA) is 26.0 Å². The van der Waals surface area contributed by atoms with Gasteiger partial charge in [-0.1, -0.05) is 19.1 Å². The molecule has 0 bridgehead atoms. The standard InChI is InChI=1S/C7H13N/c1-6-4-2-3-5-7(6)8/h3,5-7H,2,4,8H2,1H3/t6-,7-/m1/s1. The summed E-state index contributed by atoms with van der Waals surface area (Å²) in [5.41, 5.74) is 5.69. The summed E-state index contributed by atoms with van der Waals surface area (Å²) in [4.78, 5) is 0. The molecule has 2 atom stereocenters. The van der Waals surface area contributed by atoms with Gasteiger partial charge in [0.1, 0.15) is 0 Å². The van der Waals surface area contributed by atoms with Crippen LogP contribution in [0.3, 0.4) is 0 Å². The zero-order chi connectivity index (χ0) is 5.98. The minimum atomic E-state index is 0.323. The molecule has 1 nitrogen and oxygen atoms in total. The third-order valence-corrected chi connectivity index (χ3v) is 1.80. The molecule has 1 heteroatoms. The number of allylic oxidation sites excluding steroid dienone is 1. The molecule has 0 aromatic carbocycles. The lowest BCUT2D eigenvalue weighted by molar-refractivity contribution is 0.466. The first-order chi connectivity index (χ1) is 3.80. The monoisotopic (exact) mass is 111 g/mol. The summed E-state index contributed by atoms with van der Waals surface area (Å²) in [5, 5.41) is 0. The Morgan fingerprint density at radius 3 is 2.75 bits per heavy atom. The van der Waals surface area contributed by atoms with Crippen LogP contribution in [0.5, 0.6) is 0 Å². The highest BCUT2D eigenvalue weighted by molar-refractivity contribution is 4.98. The molecule has 0 fully saturated rings. The molecule has 2 N–H and O–H groups in total. The molecule has 0 amide bonds. The van der Waals surface area contributed by atoms with Crippen LogP contribution in [0.15, 0.2) is 12.2 Å². The predicted octanol–water partition coefficient (Wildman–Crippen LogP) is 1.30. The fraction of sp³-hybridized carbons (Fsp3) is 0.714. The summed E-state index contributed by atoms with van der Waals surface area (Å²) in [5.74, 6) is 0.694. The molecule has 0 heterocycles. The van der Waals surface area contributed by atoms with E-state index in [1.807, 2.05) is 0 Å². The Morgan fingerprint density at radius 2 is 2.38 bits per heavy atom. The summed E-state index contributed by atoms with van der Waals surface area (Å²) in [6.45, 7) is 2.20. The molecule has 8 heavy (non-hydrogen) atoms. The largest absolute Gasteiger partial charge is 0.324 e. The van der Waals surface area contributed by atoms with Gasteiger partial charge in [0.2, 0.25) is 0 Å². The molecule has 1 aliphatic carbocycles. The van der Waals surface area contributed by atoms with E-state index in [1.165, 1.54) is 12.8 Å². The van der Waals surface area contributed by atoms with Gasteiger partial charge in [0.15, 0.2) is 0 Å². The van der Waals surface area contributed by atoms with Crippen molar-refractivity contribution in [1.29, 1.82) is 0 Å². The molecule has 0 unspecified atom stereocenters. The zero-order valence-electron chi connectivity index (χ0n) is 5.30. The molecule has 0 aliphatic heterocycles. The van der Waals surface area contributed by atoms with Crippen LogP contribution in [0.1, 0.15) is 19.8 Å². The van der Waals surface area contributed by atoms with E-state index in [2.05, 4.69) is 19.1 Å². The first-order valence-corrected chi connectivity index (χ1v) is 3.23. The number of nitrogens with two attached hydrogens (primary N) is 1. The van der Waals surface area contributed by atoms with Gasteiger partial charge in [0, 0.05) is 6.04 Å². The molecule has 0 radical (unpaired) electrons. The van der Waals surface area contributed by atoms with Crippen molar-refractivity contribution in [1.82, 2.24) is 0 Å². The summed E-state index contributed by atoms with van der Waals surface area (Å²) >= 11 is 0. The Balaban J connectivity index is 2.47. The maximum absolute atomic E-state index is 5.69. The van der Waals surface area contributed by atoms with E-state index in [-0.39, 0.29) is 0 Å². The molecule has 0 aromatic heterocycles. The Kier molecular flexibility index (Phi) is 1.69. The Morgan fingerprint density at radius 1 is 1.62 bits per heavy atom. The summed E-state index contributed by atoms with van der Waals surface area (Å²) in [7, 11) is 0. The first-order valence-electron chi connectivity index (χ1n) is 3.23. The minimum absolute atomic E-state index is 0.323. The molecular formula is C7H13N. The summed E-state index contributed by atoms with van der Waals surface area (Å²) < 4.78 is 0. The molecular weight excluding hydrogens is 98.1 g/mol. The molecule has 1 rings (SSSR count). The molecule has 46 valence electrons. The van der Waals surface area contributed by atoms with E-state index < -0.39 is 0 Å². The van der Waals surface area contributed by atoms with Gasteiger partial charge < -0.3 is 5.73 Å². The van der Waals surface area contributed by atoms with Crippen LogP contribution in [-0.4, -0.2) is 6.04 Å². The van der Waals surface area contributed by atoms with Gasteiger partial charge in [-0.15, -0.1) is 0 Å². The molecule has 0 saturated carbocycles. The average Bonchev–Trinajstić information content (AvgIpc) is 1.77. The van der Waals surface area contributed by atoms with Crippen LogP contribution in [0.2, 0.25) is 0 Å². The third-order valence-electron chi connectivity index (χ3n) is 1.80. The van der Waals surface area contributed by atoms with Crippen molar-refractivity contribution in [3.8, 4) is 0 Å². The fourth-order valence-corrected chi connectivity index (χ4v) is 0.995. The van der Waals surface area contributed by atoms with Crippen LogP contribution in [0, 0.1) is 5.92 Å². The van der Waals surface area contributed by atoms with Gasteiger partial charge in [-0.3, -0.25) is 0 Å². The van der Waals surface area contributed by atoms with Gasteiger partial charge in [-0.05, 0) is 18.8 Å². The van der Waals surface area contributed by atoms with Crippen molar-refractivity contribution < 1.29 is 0 Å². The van der Waals surface area contributed by atoms with E-state index in [4.69, 9.17) is 5.73 Å². The van der Waals surface area contributed by atoms with Crippen molar-refractivity contribution in [3.63, 3.8) is 0 Å². The third kappa shape index (κ3) is 1.10. The Labute approximate surface area is 50.6 Å². The lowest BCUT2D eigenvalue weighted by Gasteiger charge is -2.19. The van der Waals surface area contributed by atoms with Crippen LogP contribution < -0.4 is 5.73 Å². The zero-order valence-corrected chi connectivity index (χ0v) is 5.30. The van der Waals surface area contributed by atoms with Crippen LogP contribution in [0.4, 0.5) is 0 Å². The second kappa shape index (κ2) is 2.31. The maximum atomic E-state index is 5.69. The first kappa shape index (κ1) is 5.83. The quantitative estimate of drug-likeness (QED) is 0.468. The highest BCUT2D eigenvalue weighted by atomic mass is 14.6. The molecule has 0 saturated heterocycles. The maximum Gasteiger partial charge on any atom is 0.0249 e.